The molecule has 2 rings (SSSR count). The summed E-state index contributed by atoms with van der Waals surface area (Å²) in [7, 11) is 0. The summed E-state index contributed by atoms with van der Waals surface area (Å²) in [6.45, 7) is 0.721. The molecule has 2 aromatic carbocycles. The van der Waals surface area contributed by atoms with Crippen LogP contribution in [0.3, 0.4) is 0 Å². The second-order valence-corrected chi connectivity index (χ2v) is 11.9. The van der Waals surface area contributed by atoms with Crippen LogP contribution in [0.5, 0.6) is 0 Å². The molecule has 0 amide bonds. The van der Waals surface area contributed by atoms with Crippen LogP contribution in [0.4, 0.5) is 0 Å². The molecule has 0 atom stereocenters. The fraction of sp³-hybridized carbons (Fsp3) is 0. The van der Waals surface area contributed by atoms with Crippen LogP contribution in [0.2, 0.25) is 0 Å². The fourth-order valence-corrected chi connectivity index (χ4v) is 8.96. The van der Waals surface area contributed by atoms with Crippen molar-refractivity contribution in [3.8, 4) is 0 Å². The number of carbonyl (C=O) groups excluding carboxylic acids is 2. The molecule has 0 unspecified atom stereocenters. The molecule has 0 aliphatic heterocycles. The molecule has 0 aliphatic rings. The summed E-state index contributed by atoms with van der Waals surface area (Å²) in [6, 6.07) is 18.3. The molecule has 0 heterocycles. The zero-order valence-electron chi connectivity index (χ0n) is 10.1. The summed E-state index contributed by atoms with van der Waals surface area (Å²) in [5.41, 5.74) is 0. The van der Waals surface area contributed by atoms with Gasteiger partial charge in [-0.3, -0.25) is 0 Å². The van der Waals surface area contributed by atoms with Gasteiger partial charge < -0.3 is 0 Å². The van der Waals surface area contributed by atoms with Gasteiger partial charge in [-0.25, -0.2) is 0 Å². The van der Waals surface area contributed by atoms with Crippen molar-refractivity contribution >= 4 is 39.3 Å². The van der Waals surface area contributed by atoms with Crippen molar-refractivity contribution in [2.75, 3.05) is 0 Å². The standard InChI is InChI=1S/2C6H5.2CH2O2.Sn/c2*1-2-4-6-5-3-1;2*2-1-3;/h2*1-5H;2*1H,(H,2,3);/q;;;;+2/p-2. The third-order valence-corrected chi connectivity index (χ3v) is 11.4. The first kappa shape index (κ1) is 13.6. The van der Waals surface area contributed by atoms with Crippen molar-refractivity contribution in [1.29, 1.82) is 0 Å². The van der Waals surface area contributed by atoms with E-state index in [0.29, 0.717) is 12.9 Å². The summed E-state index contributed by atoms with van der Waals surface area (Å²) >= 11 is -4.17. The second kappa shape index (κ2) is 6.38. The SMILES string of the molecule is O=C[O][Sn]([O]C=O)([c]1ccccc1)[c]1ccccc1. The number of carbonyl (C=O) groups is 2. The third-order valence-electron chi connectivity index (χ3n) is 2.74. The molecule has 0 aliphatic carbocycles. The molecular weight excluding hydrogens is 351 g/mol. The molecule has 0 spiro atoms. The zero-order chi connectivity index (χ0) is 13.6. The molecule has 0 radical (unpaired) electrons. The predicted octanol–water partition coefficient (Wildman–Crippen LogP) is 0.589. The molecule has 0 bridgehead atoms. The van der Waals surface area contributed by atoms with Gasteiger partial charge in [0, 0.05) is 0 Å². The molecule has 0 saturated heterocycles. The van der Waals surface area contributed by atoms with Gasteiger partial charge in [-0.15, -0.1) is 0 Å². The average molecular weight is 363 g/mol. The maximum atomic E-state index is 10.9. The first-order valence-electron chi connectivity index (χ1n) is 5.67. The van der Waals surface area contributed by atoms with Gasteiger partial charge in [-0.2, -0.15) is 0 Å². The molecule has 0 saturated carbocycles. The van der Waals surface area contributed by atoms with Crippen LogP contribution in [-0.4, -0.2) is 32.1 Å². The van der Waals surface area contributed by atoms with E-state index in [4.69, 9.17) is 6.15 Å². The minimum atomic E-state index is -4.17. The van der Waals surface area contributed by atoms with Crippen LogP contribution in [0.25, 0.3) is 0 Å². The summed E-state index contributed by atoms with van der Waals surface area (Å²) in [5, 5.41) is 0. The normalized spacial score (nSPS) is 10.5. The van der Waals surface area contributed by atoms with Crippen molar-refractivity contribution in [2.45, 2.75) is 0 Å². The van der Waals surface area contributed by atoms with E-state index in [1.165, 1.54) is 0 Å². The topological polar surface area (TPSA) is 52.6 Å². The van der Waals surface area contributed by atoms with E-state index in [-0.39, 0.29) is 0 Å². The molecule has 0 fully saturated rings. The molecule has 0 N–H and O–H groups in total. The Morgan fingerprint density at radius 2 is 1.05 bits per heavy atom. The summed E-state index contributed by atoms with van der Waals surface area (Å²) < 4.78 is 12.2. The molecule has 5 heteroatoms. The Hall–Kier alpha value is -1.82. The van der Waals surface area contributed by atoms with Gasteiger partial charge in [0.15, 0.2) is 0 Å². The molecule has 19 heavy (non-hydrogen) atoms. The number of benzene rings is 2. The average Bonchev–Trinajstić information content (AvgIpc) is 2.49. The third kappa shape index (κ3) is 2.78. The first-order valence-corrected chi connectivity index (χ1v) is 10.9. The van der Waals surface area contributed by atoms with Crippen LogP contribution in [0.1, 0.15) is 0 Å². The van der Waals surface area contributed by atoms with Crippen molar-refractivity contribution in [1.82, 2.24) is 0 Å². The van der Waals surface area contributed by atoms with Crippen LogP contribution < -0.4 is 7.16 Å². The van der Waals surface area contributed by atoms with Crippen molar-refractivity contribution in [3.05, 3.63) is 60.7 Å². The molecule has 2 aromatic rings. The quantitative estimate of drug-likeness (QED) is 0.557. The van der Waals surface area contributed by atoms with Crippen molar-refractivity contribution < 1.29 is 15.7 Å². The van der Waals surface area contributed by atoms with Gasteiger partial charge in [-0.05, 0) is 0 Å². The van der Waals surface area contributed by atoms with Gasteiger partial charge in [-0.1, -0.05) is 0 Å². The van der Waals surface area contributed by atoms with Crippen LogP contribution in [0, 0.1) is 0 Å². The zero-order valence-corrected chi connectivity index (χ0v) is 12.9. The fourth-order valence-electron chi connectivity index (χ4n) is 1.92. The Morgan fingerprint density at radius 1 is 0.684 bits per heavy atom. The maximum absolute atomic E-state index is 10.9. The summed E-state index contributed by atoms with van der Waals surface area (Å²) in [4.78, 5) is 21.8. The molecule has 0 aromatic heterocycles. The van der Waals surface area contributed by atoms with E-state index in [0.717, 1.165) is 7.16 Å². The summed E-state index contributed by atoms with van der Waals surface area (Å²) in [6.07, 6.45) is 0. The number of hydrogen-bond donors (Lipinski definition) is 0. The van der Waals surface area contributed by atoms with Gasteiger partial charge in [0.25, 0.3) is 0 Å². The molecular formula is C14H12O4Sn. The Kier molecular flexibility index (Phi) is 4.57. The van der Waals surface area contributed by atoms with E-state index in [9.17, 15) is 9.59 Å². The van der Waals surface area contributed by atoms with Crippen LogP contribution >= 0.6 is 0 Å². The first-order chi connectivity index (χ1) is 9.33. The Morgan fingerprint density at radius 3 is 1.37 bits per heavy atom. The van der Waals surface area contributed by atoms with E-state index < -0.39 is 19.2 Å². The Labute approximate surface area is 115 Å². The number of rotatable bonds is 6. The second-order valence-electron chi connectivity index (χ2n) is 3.78. The monoisotopic (exact) mass is 364 g/mol. The van der Waals surface area contributed by atoms with Gasteiger partial charge in [0.2, 0.25) is 0 Å². The van der Waals surface area contributed by atoms with Gasteiger partial charge >= 0.3 is 116 Å². The van der Waals surface area contributed by atoms with E-state index in [1.807, 2.05) is 60.7 Å². The van der Waals surface area contributed by atoms with E-state index >= 15 is 0 Å². The van der Waals surface area contributed by atoms with E-state index in [2.05, 4.69) is 0 Å². The van der Waals surface area contributed by atoms with Crippen molar-refractivity contribution in [2.24, 2.45) is 0 Å². The summed E-state index contributed by atoms with van der Waals surface area (Å²) in [5.74, 6) is 0. The van der Waals surface area contributed by atoms with Crippen LogP contribution in [0.15, 0.2) is 60.7 Å². The predicted molar refractivity (Wildman–Crippen MR) is 72.2 cm³/mol. The van der Waals surface area contributed by atoms with E-state index in [1.54, 1.807) is 0 Å². The minimum absolute atomic E-state index is 0.361. The van der Waals surface area contributed by atoms with Gasteiger partial charge in [0.1, 0.15) is 0 Å². The Bertz CT molecular complexity index is 490. The van der Waals surface area contributed by atoms with Gasteiger partial charge in [0.05, 0.1) is 0 Å². The van der Waals surface area contributed by atoms with Crippen LogP contribution in [-0.2, 0) is 15.7 Å². The number of hydrogen-bond acceptors (Lipinski definition) is 4. The van der Waals surface area contributed by atoms with Crippen molar-refractivity contribution in [3.63, 3.8) is 0 Å². The molecule has 4 nitrogen and oxygen atoms in total. The Balaban J connectivity index is 2.60. The molecule has 96 valence electrons.